The lowest BCUT2D eigenvalue weighted by Crippen LogP contribution is -2.59. The molecule has 41 heavy (non-hydrogen) atoms. The molecule has 216 valence electrons. The third-order valence-corrected chi connectivity index (χ3v) is 8.04. The van der Waals surface area contributed by atoms with E-state index in [1.807, 2.05) is 12.1 Å². The Hall–Kier alpha value is -3.50. The molecular weight excluding hydrogens is 560 g/mol. The highest BCUT2D eigenvalue weighted by Crippen LogP contribution is 2.46. The van der Waals surface area contributed by atoms with E-state index in [2.05, 4.69) is 15.4 Å². The molecule has 3 aromatic rings. The molecule has 0 saturated carbocycles. The Morgan fingerprint density at radius 1 is 1.10 bits per heavy atom. The molecule has 0 bridgehead atoms. The highest BCUT2D eigenvalue weighted by molar-refractivity contribution is 6.31. The van der Waals surface area contributed by atoms with Crippen molar-refractivity contribution in [3.8, 4) is 22.4 Å². The smallest absolute Gasteiger partial charge is 0.414 e. The summed E-state index contributed by atoms with van der Waals surface area (Å²) in [5, 5.41) is 8.26. The molecule has 0 aliphatic carbocycles. The van der Waals surface area contributed by atoms with Crippen molar-refractivity contribution < 1.29 is 27.1 Å². The molecule has 1 aromatic heterocycles. The minimum atomic E-state index is -4.84. The van der Waals surface area contributed by atoms with Crippen LogP contribution in [-0.4, -0.2) is 48.6 Å². The summed E-state index contributed by atoms with van der Waals surface area (Å²) < 4.78 is 63.9. The zero-order chi connectivity index (χ0) is 29.4. The second kappa shape index (κ2) is 11.1. The summed E-state index contributed by atoms with van der Waals surface area (Å²) in [6.07, 6.45) is -3.11. The Balaban J connectivity index is 1.53. The topological polar surface area (TPSA) is 66.8 Å². The van der Waals surface area contributed by atoms with Gasteiger partial charge in [-0.2, -0.15) is 18.3 Å². The molecule has 0 radical (unpaired) electrons. The Labute approximate surface area is 240 Å². The number of rotatable bonds is 6. The second-order valence-electron chi connectivity index (χ2n) is 10.3. The first kappa shape index (κ1) is 29.0. The largest absolute Gasteiger partial charge is 0.465 e. The number of nitrogens with one attached hydrogen (secondary N) is 1. The van der Waals surface area contributed by atoms with Gasteiger partial charge in [-0.25, -0.2) is 14.4 Å². The molecule has 11 heteroatoms. The van der Waals surface area contributed by atoms with Gasteiger partial charge in [0.25, 0.3) is 0 Å². The standard InChI is InChI=1S/C30H29ClF4N4O2/c1-3-41-27(40)24-18-37-39(28(24,2)30(33,34)35)26-6-4-5-25(38-26)23-17-21(31)11-12-22(23)19-7-9-20(10-8-19)29(32)13-15-36-16-14-29/h4-12,17-18,24,36H,3,13-16H2,1-2H3. The fraction of sp³-hybridized carbons (Fsp3) is 0.367. The van der Waals surface area contributed by atoms with Crippen LogP contribution in [0.1, 0.15) is 32.3 Å². The van der Waals surface area contributed by atoms with Gasteiger partial charge in [-0.1, -0.05) is 48.0 Å². The van der Waals surface area contributed by atoms with Gasteiger partial charge in [0.2, 0.25) is 0 Å². The molecule has 2 aliphatic rings. The SMILES string of the molecule is CCOC(=O)C1C=NN(c2cccc(-c3cc(Cl)ccc3-c3ccc(C4(F)CCNCC4)cc3)n2)C1(C)C(F)(F)F. The lowest BCUT2D eigenvalue weighted by Gasteiger charge is -2.38. The number of benzene rings is 2. The van der Waals surface area contributed by atoms with Crippen LogP contribution in [0.5, 0.6) is 0 Å². The van der Waals surface area contributed by atoms with Gasteiger partial charge in [0, 0.05) is 16.8 Å². The number of hydrogen-bond acceptors (Lipinski definition) is 6. The van der Waals surface area contributed by atoms with E-state index >= 15 is 4.39 Å². The molecule has 1 N–H and O–H groups in total. The van der Waals surface area contributed by atoms with Gasteiger partial charge in [0.1, 0.15) is 17.4 Å². The lowest BCUT2D eigenvalue weighted by atomic mass is 9.85. The number of aromatic nitrogens is 1. The summed E-state index contributed by atoms with van der Waals surface area (Å²) >= 11 is 6.34. The maximum Gasteiger partial charge on any atom is 0.414 e. The Kier molecular flexibility index (Phi) is 7.82. The van der Waals surface area contributed by atoms with Crippen LogP contribution in [0, 0.1) is 5.92 Å². The van der Waals surface area contributed by atoms with E-state index < -0.39 is 29.3 Å². The molecule has 6 nitrogen and oxygen atoms in total. The molecule has 2 atom stereocenters. The number of carbonyl (C=O) groups is 1. The summed E-state index contributed by atoms with van der Waals surface area (Å²) in [5.74, 6) is -2.79. The number of ether oxygens (including phenoxy) is 1. The van der Waals surface area contributed by atoms with Crippen molar-refractivity contribution in [1.82, 2.24) is 10.3 Å². The first-order valence-electron chi connectivity index (χ1n) is 13.3. The Bertz CT molecular complexity index is 1460. The van der Waals surface area contributed by atoms with Crippen LogP contribution in [0.3, 0.4) is 0 Å². The molecular formula is C30H29ClF4N4O2. The number of nitrogens with zero attached hydrogens (tertiary/aromatic N) is 3. The number of piperidine rings is 1. The molecule has 0 spiro atoms. The number of pyridine rings is 1. The van der Waals surface area contributed by atoms with Crippen molar-refractivity contribution >= 4 is 29.6 Å². The first-order chi connectivity index (χ1) is 19.5. The Morgan fingerprint density at radius 3 is 2.46 bits per heavy atom. The number of halogens is 5. The van der Waals surface area contributed by atoms with Crippen LogP contribution in [-0.2, 0) is 15.2 Å². The molecule has 2 aliphatic heterocycles. The average Bonchev–Trinajstić information content (AvgIpc) is 3.32. The van der Waals surface area contributed by atoms with Crippen LogP contribution in [0.4, 0.5) is 23.4 Å². The van der Waals surface area contributed by atoms with Gasteiger partial charge in [-0.15, -0.1) is 0 Å². The van der Waals surface area contributed by atoms with Gasteiger partial charge >= 0.3 is 12.1 Å². The highest BCUT2D eigenvalue weighted by Gasteiger charge is 2.65. The van der Waals surface area contributed by atoms with Crippen molar-refractivity contribution in [2.45, 2.75) is 44.1 Å². The van der Waals surface area contributed by atoms with Crippen molar-refractivity contribution in [2.24, 2.45) is 11.0 Å². The van der Waals surface area contributed by atoms with E-state index in [1.54, 1.807) is 42.5 Å². The van der Waals surface area contributed by atoms with E-state index in [-0.39, 0.29) is 12.4 Å². The van der Waals surface area contributed by atoms with E-state index in [9.17, 15) is 18.0 Å². The molecule has 0 amide bonds. The molecule has 5 rings (SSSR count). The molecule has 2 unspecified atom stereocenters. The fourth-order valence-electron chi connectivity index (χ4n) is 5.38. The predicted molar refractivity (Wildman–Crippen MR) is 151 cm³/mol. The summed E-state index contributed by atoms with van der Waals surface area (Å²) in [4.78, 5) is 17.0. The number of hydrazone groups is 1. The molecule has 2 aromatic carbocycles. The second-order valence-corrected chi connectivity index (χ2v) is 10.8. The van der Waals surface area contributed by atoms with Crippen LogP contribution in [0.2, 0.25) is 5.02 Å². The normalized spacial score (nSPS) is 22.1. The quantitative estimate of drug-likeness (QED) is 0.250. The van der Waals surface area contributed by atoms with E-state index in [4.69, 9.17) is 16.3 Å². The van der Waals surface area contributed by atoms with Crippen LogP contribution in [0.15, 0.2) is 65.8 Å². The predicted octanol–water partition coefficient (Wildman–Crippen LogP) is 6.92. The van der Waals surface area contributed by atoms with Gasteiger partial charge in [0.05, 0.1) is 12.3 Å². The van der Waals surface area contributed by atoms with E-state index in [1.165, 1.54) is 13.0 Å². The maximum absolute atomic E-state index is 15.5. The number of esters is 1. The minimum Gasteiger partial charge on any atom is -0.465 e. The third kappa shape index (κ3) is 5.30. The van der Waals surface area contributed by atoms with Crippen LogP contribution >= 0.6 is 11.6 Å². The number of anilines is 1. The van der Waals surface area contributed by atoms with Crippen LogP contribution < -0.4 is 10.3 Å². The van der Waals surface area contributed by atoms with Crippen molar-refractivity contribution in [3.05, 3.63) is 71.2 Å². The van der Waals surface area contributed by atoms with Gasteiger partial charge in [-0.05, 0) is 80.7 Å². The van der Waals surface area contributed by atoms with Crippen molar-refractivity contribution in [2.75, 3.05) is 24.7 Å². The fourth-order valence-corrected chi connectivity index (χ4v) is 5.55. The third-order valence-electron chi connectivity index (χ3n) is 7.81. The summed E-state index contributed by atoms with van der Waals surface area (Å²) in [6, 6.07) is 17.0. The first-order valence-corrected chi connectivity index (χ1v) is 13.7. The maximum atomic E-state index is 15.5. The number of carbonyl (C=O) groups excluding carboxylic acids is 1. The monoisotopic (exact) mass is 588 g/mol. The van der Waals surface area contributed by atoms with E-state index in [0.717, 1.165) is 29.3 Å². The Morgan fingerprint density at radius 2 is 1.80 bits per heavy atom. The van der Waals surface area contributed by atoms with E-state index in [0.29, 0.717) is 47.8 Å². The van der Waals surface area contributed by atoms with Gasteiger partial charge in [-0.3, -0.25) is 4.79 Å². The molecule has 1 saturated heterocycles. The molecule has 1 fully saturated rings. The minimum absolute atomic E-state index is 0.0626. The lowest BCUT2D eigenvalue weighted by molar-refractivity contribution is -0.195. The van der Waals surface area contributed by atoms with Gasteiger partial charge < -0.3 is 10.1 Å². The van der Waals surface area contributed by atoms with Crippen LogP contribution in [0.25, 0.3) is 22.4 Å². The highest BCUT2D eigenvalue weighted by atomic mass is 35.5. The molecule has 3 heterocycles. The van der Waals surface area contributed by atoms with Crippen molar-refractivity contribution in [3.63, 3.8) is 0 Å². The average molecular weight is 589 g/mol. The summed E-state index contributed by atoms with van der Waals surface area (Å²) in [6.45, 7) is 3.58. The number of alkyl halides is 4. The zero-order valence-electron chi connectivity index (χ0n) is 22.5. The van der Waals surface area contributed by atoms with Gasteiger partial charge in [0.15, 0.2) is 5.54 Å². The summed E-state index contributed by atoms with van der Waals surface area (Å²) in [7, 11) is 0. The number of hydrogen-bond donors (Lipinski definition) is 1. The summed E-state index contributed by atoms with van der Waals surface area (Å²) in [5.41, 5.74) is -1.09. The zero-order valence-corrected chi connectivity index (χ0v) is 23.3. The van der Waals surface area contributed by atoms with Crippen molar-refractivity contribution in [1.29, 1.82) is 0 Å².